The Bertz CT molecular complexity index is 829. The minimum atomic E-state index is -0.688. The molecule has 154 valence electrons. The zero-order valence-electron chi connectivity index (χ0n) is 16.9. The van der Waals surface area contributed by atoms with Crippen LogP contribution in [0.4, 0.5) is 5.69 Å². The second-order valence-electron chi connectivity index (χ2n) is 6.85. The average molecular weight is 416 g/mol. The fraction of sp³-hybridized carbons (Fsp3) is 0.348. The number of halogens is 1. The minimum absolute atomic E-state index is 0.154. The third-order valence-corrected chi connectivity index (χ3v) is 4.31. The number of aliphatic imine (C=N–C) groups is 1. The van der Waals surface area contributed by atoms with Crippen molar-refractivity contribution in [3.05, 3.63) is 59.7 Å². The Morgan fingerprint density at radius 1 is 1.07 bits per heavy atom. The zero-order valence-corrected chi connectivity index (χ0v) is 17.7. The third kappa shape index (κ3) is 8.08. The van der Waals surface area contributed by atoms with Gasteiger partial charge in [-0.1, -0.05) is 19.1 Å². The minimum Gasteiger partial charge on any atom is -0.466 e. The molecule has 5 nitrogen and oxygen atoms in total. The number of nitrogens with zero attached hydrogens (tertiary/aromatic N) is 1. The van der Waals surface area contributed by atoms with Gasteiger partial charge in [0.1, 0.15) is 11.1 Å². The van der Waals surface area contributed by atoms with Gasteiger partial charge < -0.3 is 9.47 Å². The molecule has 0 fully saturated rings. The quantitative estimate of drug-likeness (QED) is 0.247. The SMILES string of the molecule is CCOC(=O)CC(C)Cc1ccc(N=Cc2ccc(OC(=O)C(C)Cl)cc2)cc1. The van der Waals surface area contributed by atoms with Crippen molar-refractivity contribution in [2.45, 2.75) is 39.0 Å². The van der Waals surface area contributed by atoms with E-state index in [0.717, 1.165) is 23.2 Å². The maximum atomic E-state index is 11.5. The van der Waals surface area contributed by atoms with Crippen LogP contribution in [0.25, 0.3) is 0 Å². The lowest BCUT2D eigenvalue weighted by Gasteiger charge is -2.10. The number of carbonyl (C=O) groups is 2. The van der Waals surface area contributed by atoms with Gasteiger partial charge in [-0.15, -0.1) is 11.6 Å². The average Bonchev–Trinajstić information content (AvgIpc) is 2.68. The molecule has 0 bridgehead atoms. The molecular formula is C23H26ClNO4. The molecule has 0 saturated heterocycles. The summed E-state index contributed by atoms with van der Waals surface area (Å²) in [6.07, 6.45) is 2.97. The molecule has 0 N–H and O–H groups in total. The summed E-state index contributed by atoms with van der Waals surface area (Å²) in [6, 6.07) is 15.0. The van der Waals surface area contributed by atoms with Crippen LogP contribution in [0.15, 0.2) is 53.5 Å². The molecule has 6 heteroatoms. The van der Waals surface area contributed by atoms with Crippen LogP contribution in [0.1, 0.15) is 38.3 Å². The molecule has 0 saturated carbocycles. The number of esters is 2. The predicted octanol–water partition coefficient (Wildman–Crippen LogP) is 5.10. The summed E-state index contributed by atoms with van der Waals surface area (Å²) in [5.74, 6) is 0.0302. The Hall–Kier alpha value is -2.66. The maximum Gasteiger partial charge on any atom is 0.329 e. The number of carbonyl (C=O) groups excluding carboxylic acids is 2. The predicted molar refractivity (Wildman–Crippen MR) is 115 cm³/mol. The van der Waals surface area contributed by atoms with Crippen LogP contribution in [-0.4, -0.2) is 30.1 Å². The second-order valence-corrected chi connectivity index (χ2v) is 7.50. The molecule has 0 aliphatic rings. The first-order valence-corrected chi connectivity index (χ1v) is 10.1. The van der Waals surface area contributed by atoms with Gasteiger partial charge in [0.25, 0.3) is 0 Å². The van der Waals surface area contributed by atoms with Crippen molar-refractivity contribution in [2.75, 3.05) is 6.61 Å². The highest BCUT2D eigenvalue weighted by atomic mass is 35.5. The van der Waals surface area contributed by atoms with Crippen LogP contribution < -0.4 is 4.74 Å². The van der Waals surface area contributed by atoms with Crippen molar-refractivity contribution >= 4 is 35.4 Å². The summed E-state index contributed by atoms with van der Waals surface area (Å²) in [7, 11) is 0. The van der Waals surface area contributed by atoms with Crippen molar-refractivity contribution in [2.24, 2.45) is 10.9 Å². The first kappa shape index (κ1) is 22.6. The van der Waals surface area contributed by atoms with E-state index in [-0.39, 0.29) is 11.9 Å². The van der Waals surface area contributed by atoms with Crippen molar-refractivity contribution in [1.29, 1.82) is 0 Å². The van der Waals surface area contributed by atoms with Crippen molar-refractivity contribution < 1.29 is 19.1 Å². The van der Waals surface area contributed by atoms with Crippen LogP contribution >= 0.6 is 11.6 Å². The Morgan fingerprint density at radius 3 is 2.31 bits per heavy atom. The van der Waals surface area contributed by atoms with Crippen LogP contribution in [-0.2, 0) is 20.7 Å². The number of hydrogen-bond acceptors (Lipinski definition) is 5. The Balaban J connectivity index is 1.89. The Morgan fingerprint density at radius 2 is 1.72 bits per heavy atom. The van der Waals surface area contributed by atoms with Crippen LogP contribution in [0, 0.1) is 5.92 Å². The van der Waals surface area contributed by atoms with Gasteiger partial charge in [0.05, 0.1) is 12.3 Å². The molecule has 2 aromatic rings. The molecule has 2 unspecified atom stereocenters. The smallest absolute Gasteiger partial charge is 0.329 e. The van der Waals surface area contributed by atoms with Crippen molar-refractivity contribution in [3.8, 4) is 5.75 Å². The van der Waals surface area contributed by atoms with Gasteiger partial charge in [0.2, 0.25) is 0 Å². The summed E-state index contributed by atoms with van der Waals surface area (Å²) >= 11 is 5.68. The first-order chi connectivity index (χ1) is 13.9. The summed E-state index contributed by atoms with van der Waals surface area (Å²) < 4.78 is 10.1. The van der Waals surface area contributed by atoms with Gasteiger partial charge in [0, 0.05) is 12.6 Å². The summed E-state index contributed by atoms with van der Waals surface area (Å²) in [5, 5.41) is -0.688. The highest BCUT2D eigenvalue weighted by molar-refractivity contribution is 6.29. The molecule has 0 spiro atoms. The van der Waals surface area contributed by atoms with Crippen LogP contribution in [0.5, 0.6) is 5.75 Å². The van der Waals surface area contributed by atoms with E-state index in [2.05, 4.69) is 4.99 Å². The van der Waals surface area contributed by atoms with Gasteiger partial charge in [-0.2, -0.15) is 0 Å². The van der Waals surface area contributed by atoms with E-state index in [0.29, 0.717) is 18.8 Å². The van der Waals surface area contributed by atoms with Gasteiger partial charge in [0.15, 0.2) is 0 Å². The summed E-state index contributed by atoms with van der Waals surface area (Å²) in [4.78, 5) is 27.5. The molecule has 29 heavy (non-hydrogen) atoms. The molecule has 0 aromatic heterocycles. The van der Waals surface area contributed by atoms with E-state index < -0.39 is 11.3 Å². The Kier molecular flexibility index (Phi) is 8.87. The van der Waals surface area contributed by atoms with E-state index in [1.54, 1.807) is 25.3 Å². The van der Waals surface area contributed by atoms with E-state index >= 15 is 0 Å². The van der Waals surface area contributed by atoms with E-state index in [1.165, 1.54) is 0 Å². The largest absolute Gasteiger partial charge is 0.466 e. The van der Waals surface area contributed by atoms with E-state index in [4.69, 9.17) is 21.1 Å². The molecule has 0 aliphatic heterocycles. The fourth-order valence-electron chi connectivity index (χ4n) is 2.67. The molecule has 0 amide bonds. The zero-order chi connectivity index (χ0) is 21.2. The number of hydrogen-bond donors (Lipinski definition) is 0. The van der Waals surface area contributed by atoms with Gasteiger partial charge in [-0.3, -0.25) is 14.6 Å². The molecule has 2 atom stereocenters. The molecule has 0 heterocycles. The van der Waals surface area contributed by atoms with Crippen molar-refractivity contribution in [3.63, 3.8) is 0 Å². The van der Waals surface area contributed by atoms with Gasteiger partial charge >= 0.3 is 11.9 Å². The van der Waals surface area contributed by atoms with Crippen LogP contribution in [0.3, 0.4) is 0 Å². The highest BCUT2D eigenvalue weighted by Crippen LogP contribution is 2.18. The van der Waals surface area contributed by atoms with E-state index in [1.807, 2.05) is 50.2 Å². The molecule has 2 aromatic carbocycles. The summed E-state index contributed by atoms with van der Waals surface area (Å²) in [6.45, 7) is 5.83. The lowest BCUT2D eigenvalue weighted by molar-refractivity contribution is -0.144. The molecule has 0 aliphatic carbocycles. The Labute approximate surface area is 176 Å². The lowest BCUT2D eigenvalue weighted by Crippen LogP contribution is -2.17. The van der Waals surface area contributed by atoms with E-state index in [9.17, 15) is 9.59 Å². The second kappa shape index (κ2) is 11.4. The maximum absolute atomic E-state index is 11.5. The summed E-state index contributed by atoms with van der Waals surface area (Å²) in [5.41, 5.74) is 2.87. The number of rotatable bonds is 9. The first-order valence-electron chi connectivity index (χ1n) is 9.61. The van der Waals surface area contributed by atoms with Crippen molar-refractivity contribution in [1.82, 2.24) is 0 Å². The molecular weight excluding hydrogens is 390 g/mol. The van der Waals surface area contributed by atoms with Gasteiger partial charge in [-0.05, 0) is 73.7 Å². The van der Waals surface area contributed by atoms with Crippen LogP contribution in [0.2, 0.25) is 0 Å². The normalized spacial score (nSPS) is 13.1. The fourth-order valence-corrected chi connectivity index (χ4v) is 2.71. The molecule has 2 rings (SSSR count). The number of benzene rings is 2. The highest BCUT2D eigenvalue weighted by Gasteiger charge is 2.12. The molecule has 0 radical (unpaired) electrons. The third-order valence-electron chi connectivity index (χ3n) is 4.13. The number of ether oxygens (including phenoxy) is 2. The number of alkyl halides is 1. The monoisotopic (exact) mass is 415 g/mol. The van der Waals surface area contributed by atoms with Gasteiger partial charge in [-0.25, -0.2) is 0 Å². The topological polar surface area (TPSA) is 65.0 Å². The standard InChI is InChI=1S/C23H26ClNO4/c1-4-28-22(26)14-16(2)13-18-5-9-20(10-6-18)25-15-19-7-11-21(12-8-19)29-23(27)17(3)24/h5-12,15-17H,4,13-14H2,1-3H3. The lowest BCUT2D eigenvalue weighted by atomic mass is 9.98.